The van der Waals surface area contributed by atoms with Gasteiger partial charge in [-0.1, -0.05) is 11.6 Å². The van der Waals surface area contributed by atoms with Gasteiger partial charge in [0.05, 0.1) is 4.90 Å². The maximum absolute atomic E-state index is 12.5. The van der Waals surface area contributed by atoms with E-state index >= 15 is 0 Å². The molecule has 0 spiro atoms. The van der Waals surface area contributed by atoms with Crippen LogP contribution in [0.2, 0.25) is 0 Å². The van der Waals surface area contributed by atoms with E-state index in [4.69, 9.17) is 5.73 Å². The van der Waals surface area contributed by atoms with Crippen molar-refractivity contribution >= 4 is 15.7 Å². The Labute approximate surface area is 108 Å². The molecule has 1 aromatic rings. The number of hydrogen-bond donors (Lipinski definition) is 1. The van der Waals surface area contributed by atoms with Gasteiger partial charge in [0, 0.05) is 18.8 Å². The van der Waals surface area contributed by atoms with Crippen LogP contribution in [0.5, 0.6) is 0 Å². The molecule has 1 heterocycles. The molecule has 0 saturated heterocycles. The van der Waals surface area contributed by atoms with Gasteiger partial charge in [0.1, 0.15) is 0 Å². The summed E-state index contributed by atoms with van der Waals surface area (Å²) in [6.07, 6.45) is 2.76. The van der Waals surface area contributed by atoms with E-state index in [2.05, 4.69) is 0 Å². The molecule has 1 aromatic carbocycles. The van der Waals surface area contributed by atoms with Gasteiger partial charge in [-0.2, -0.15) is 4.31 Å². The molecule has 0 aromatic heterocycles. The molecular weight excluding hydrogens is 248 g/mol. The van der Waals surface area contributed by atoms with Gasteiger partial charge in [0.25, 0.3) is 0 Å². The van der Waals surface area contributed by atoms with Gasteiger partial charge in [-0.15, -0.1) is 0 Å². The minimum Gasteiger partial charge on any atom is -0.399 e. The summed E-state index contributed by atoms with van der Waals surface area (Å²) in [4.78, 5) is 0.352. The summed E-state index contributed by atoms with van der Waals surface area (Å²) >= 11 is 0. The van der Waals surface area contributed by atoms with Crippen molar-refractivity contribution in [3.63, 3.8) is 0 Å². The topological polar surface area (TPSA) is 63.4 Å². The zero-order valence-corrected chi connectivity index (χ0v) is 11.5. The monoisotopic (exact) mass is 266 g/mol. The molecular formula is C13H18N2O2S. The Morgan fingerprint density at radius 1 is 1.28 bits per heavy atom. The Bertz CT molecular complexity index is 591. The zero-order valence-electron chi connectivity index (χ0n) is 10.7. The fraction of sp³-hybridized carbons (Fsp3) is 0.385. The summed E-state index contributed by atoms with van der Waals surface area (Å²) in [5.41, 5.74) is 8.18. The molecule has 5 heteroatoms. The molecule has 0 amide bonds. The average molecular weight is 266 g/mol. The Morgan fingerprint density at radius 3 is 2.56 bits per heavy atom. The van der Waals surface area contributed by atoms with Crippen molar-refractivity contribution in [1.29, 1.82) is 0 Å². The molecule has 2 rings (SSSR count). The summed E-state index contributed by atoms with van der Waals surface area (Å²) in [5, 5.41) is 0. The quantitative estimate of drug-likeness (QED) is 0.657. The van der Waals surface area contributed by atoms with E-state index in [1.54, 1.807) is 25.1 Å². The fourth-order valence-electron chi connectivity index (χ4n) is 2.07. The van der Waals surface area contributed by atoms with E-state index in [-0.39, 0.29) is 0 Å². The summed E-state index contributed by atoms with van der Waals surface area (Å²) in [7, 11) is -3.40. The second-order valence-electron chi connectivity index (χ2n) is 4.69. The van der Waals surface area contributed by atoms with Crippen LogP contribution >= 0.6 is 0 Å². The van der Waals surface area contributed by atoms with Crippen LogP contribution in [0.15, 0.2) is 34.7 Å². The molecule has 0 radical (unpaired) electrons. The maximum Gasteiger partial charge on any atom is 0.243 e. The van der Waals surface area contributed by atoms with Crippen molar-refractivity contribution in [2.45, 2.75) is 25.2 Å². The number of rotatable bonds is 2. The number of nitrogens with zero attached hydrogens (tertiary/aromatic N) is 1. The minimum atomic E-state index is -3.40. The van der Waals surface area contributed by atoms with Crippen LogP contribution in [-0.4, -0.2) is 25.8 Å². The molecule has 1 aliphatic heterocycles. The summed E-state index contributed by atoms with van der Waals surface area (Å²) < 4.78 is 26.5. The highest BCUT2D eigenvalue weighted by Gasteiger charge is 2.26. The van der Waals surface area contributed by atoms with Crippen molar-refractivity contribution in [3.05, 3.63) is 35.4 Å². The predicted octanol–water partition coefficient (Wildman–Crippen LogP) is 1.92. The third kappa shape index (κ3) is 2.42. The van der Waals surface area contributed by atoms with E-state index < -0.39 is 10.0 Å². The van der Waals surface area contributed by atoms with Gasteiger partial charge >= 0.3 is 0 Å². The van der Waals surface area contributed by atoms with E-state index in [0.29, 0.717) is 29.2 Å². The van der Waals surface area contributed by atoms with Crippen LogP contribution in [0.4, 0.5) is 5.69 Å². The number of sulfonamides is 1. The van der Waals surface area contributed by atoms with Crippen LogP contribution in [0.1, 0.15) is 18.9 Å². The molecule has 0 atom stereocenters. The second-order valence-corrected chi connectivity index (χ2v) is 6.59. The molecule has 0 unspecified atom stereocenters. The molecule has 0 fully saturated rings. The normalized spacial score (nSPS) is 17.6. The lowest BCUT2D eigenvalue weighted by Crippen LogP contribution is -2.35. The van der Waals surface area contributed by atoms with Crippen LogP contribution in [-0.2, 0) is 10.0 Å². The van der Waals surface area contributed by atoms with E-state index in [0.717, 1.165) is 6.42 Å². The molecule has 98 valence electrons. The van der Waals surface area contributed by atoms with Gasteiger partial charge in [-0.3, -0.25) is 0 Å². The summed E-state index contributed by atoms with van der Waals surface area (Å²) in [5.74, 6) is 0. The van der Waals surface area contributed by atoms with Crippen LogP contribution in [0.25, 0.3) is 0 Å². The number of hydrogen-bond acceptors (Lipinski definition) is 3. The van der Waals surface area contributed by atoms with Crippen molar-refractivity contribution in [3.8, 4) is 0 Å². The summed E-state index contributed by atoms with van der Waals surface area (Å²) in [6.45, 7) is 4.80. The van der Waals surface area contributed by atoms with Crippen molar-refractivity contribution < 1.29 is 8.42 Å². The highest BCUT2D eigenvalue weighted by molar-refractivity contribution is 7.89. The van der Waals surface area contributed by atoms with Crippen molar-refractivity contribution in [1.82, 2.24) is 4.31 Å². The first-order chi connectivity index (χ1) is 8.41. The van der Waals surface area contributed by atoms with Crippen LogP contribution in [0.3, 0.4) is 0 Å². The van der Waals surface area contributed by atoms with Gasteiger partial charge in [-0.05, 0) is 44.0 Å². The molecule has 0 bridgehead atoms. The zero-order chi connectivity index (χ0) is 13.3. The van der Waals surface area contributed by atoms with Crippen molar-refractivity contribution in [2.75, 3.05) is 18.8 Å². The number of aryl methyl sites for hydroxylation is 1. The van der Waals surface area contributed by atoms with Gasteiger partial charge in [0.2, 0.25) is 10.0 Å². The van der Waals surface area contributed by atoms with Gasteiger partial charge in [-0.25, -0.2) is 8.42 Å². The van der Waals surface area contributed by atoms with Crippen molar-refractivity contribution in [2.24, 2.45) is 0 Å². The SMILES string of the molecule is CC1=CCN(S(=O)(=O)c2ccc(N)cc2C)CC1. The first-order valence-electron chi connectivity index (χ1n) is 5.93. The van der Waals surface area contributed by atoms with Crippen LogP contribution in [0, 0.1) is 6.92 Å². The highest BCUT2D eigenvalue weighted by Crippen LogP contribution is 2.24. The lowest BCUT2D eigenvalue weighted by Gasteiger charge is -2.25. The minimum absolute atomic E-state index is 0.352. The van der Waals surface area contributed by atoms with E-state index in [1.807, 2.05) is 13.0 Å². The maximum atomic E-state index is 12.5. The highest BCUT2D eigenvalue weighted by atomic mass is 32.2. The summed E-state index contributed by atoms with van der Waals surface area (Å²) in [6, 6.07) is 4.91. The number of anilines is 1. The third-order valence-electron chi connectivity index (χ3n) is 3.22. The number of nitrogens with two attached hydrogens (primary N) is 1. The predicted molar refractivity (Wildman–Crippen MR) is 72.7 cm³/mol. The lowest BCUT2D eigenvalue weighted by molar-refractivity contribution is 0.431. The molecule has 2 N–H and O–H groups in total. The first kappa shape index (κ1) is 13.1. The Kier molecular flexibility index (Phi) is 3.45. The first-order valence-corrected chi connectivity index (χ1v) is 7.37. The average Bonchev–Trinajstić information content (AvgIpc) is 2.29. The third-order valence-corrected chi connectivity index (χ3v) is 5.24. The Balaban J connectivity index is 2.37. The van der Waals surface area contributed by atoms with E-state index in [9.17, 15) is 8.42 Å². The number of benzene rings is 1. The van der Waals surface area contributed by atoms with Gasteiger partial charge < -0.3 is 5.73 Å². The molecule has 1 aliphatic rings. The fourth-order valence-corrected chi connectivity index (χ4v) is 3.66. The number of nitrogen functional groups attached to an aromatic ring is 1. The van der Waals surface area contributed by atoms with Crippen LogP contribution < -0.4 is 5.73 Å². The lowest BCUT2D eigenvalue weighted by atomic mass is 10.1. The Hall–Kier alpha value is -1.33. The Morgan fingerprint density at radius 2 is 2.00 bits per heavy atom. The second kappa shape index (κ2) is 4.74. The molecule has 18 heavy (non-hydrogen) atoms. The van der Waals surface area contributed by atoms with E-state index in [1.165, 1.54) is 9.88 Å². The largest absolute Gasteiger partial charge is 0.399 e. The smallest absolute Gasteiger partial charge is 0.243 e. The van der Waals surface area contributed by atoms with Gasteiger partial charge in [0.15, 0.2) is 0 Å². The standard InChI is InChI=1S/C13H18N2O2S/c1-10-5-7-15(8-6-10)18(16,17)13-4-3-12(14)9-11(13)2/h3-5,9H,6-8,14H2,1-2H3. The molecule has 0 saturated carbocycles. The molecule has 0 aliphatic carbocycles. The molecule has 4 nitrogen and oxygen atoms in total.